The van der Waals surface area contributed by atoms with Crippen LogP contribution in [0.1, 0.15) is 22.8 Å². The second kappa shape index (κ2) is 6.39. The molecule has 0 bridgehead atoms. The molecule has 0 fully saturated rings. The maximum absolute atomic E-state index is 11.5. The number of hydrogen-bond acceptors (Lipinski definition) is 4. The van der Waals surface area contributed by atoms with Crippen LogP contribution < -0.4 is 10.9 Å². The zero-order valence-corrected chi connectivity index (χ0v) is 10.1. The topological polar surface area (TPSA) is 84.5 Å². The summed E-state index contributed by atoms with van der Waals surface area (Å²) in [6.45, 7) is 2.65. The highest BCUT2D eigenvalue weighted by Crippen LogP contribution is 2.05. The number of hydrogen-bond donors (Lipinski definition) is 2. The Bertz CT molecular complexity index is 471. The van der Waals surface area contributed by atoms with Gasteiger partial charge in [0.1, 0.15) is 0 Å². The molecule has 0 unspecified atom stereocenters. The van der Waals surface area contributed by atoms with E-state index in [1.165, 1.54) is 6.92 Å². The van der Waals surface area contributed by atoms with Crippen LogP contribution in [0.4, 0.5) is 0 Å². The van der Waals surface area contributed by atoms with Gasteiger partial charge in [-0.3, -0.25) is 20.4 Å². The molecule has 6 heteroatoms. The van der Waals surface area contributed by atoms with Crippen LogP contribution in [0, 0.1) is 6.92 Å². The van der Waals surface area contributed by atoms with Crippen LogP contribution in [-0.4, -0.2) is 24.4 Å². The van der Waals surface area contributed by atoms with Crippen molar-refractivity contribution in [2.75, 3.05) is 6.61 Å². The molecule has 0 atom stereocenters. The molecule has 0 aromatic heterocycles. The molecule has 0 saturated carbocycles. The van der Waals surface area contributed by atoms with E-state index in [0.29, 0.717) is 5.56 Å². The Labute approximate surface area is 104 Å². The molecule has 2 amide bonds. The van der Waals surface area contributed by atoms with Gasteiger partial charge in [0.15, 0.2) is 6.61 Å². The minimum atomic E-state index is -0.605. The summed E-state index contributed by atoms with van der Waals surface area (Å²) in [6, 6.07) is 6.83. The molecule has 0 radical (unpaired) electrons. The fourth-order valence-corrected chi connectivity index (χ4v) is 1.18. The van der Waals surface area contributed by atoms with Crippen molar-refractivity contribution in [2.24, 2.45) is 0 Å². The Morgan fingerprint density at radius 2 is 1.94 bits per heavy atom. The molecule has 0 spiro atoms. The number of benzene rings is 1. The van der Waals surface area contributed by atoms with E-state index in [-0.39, 0.29) is 0 Å². The average Bonchev–Trinajstić information content (AvgIpc) is 2.33. The third kappa shape index (κ3) is 4.65. The van der Waals surface area contributed by atoms with E-state index in [1.54, 1.807) is 18.2 Å². The first-order valence-electron chi connectivity index (χ1n) is 5.28. The summed E-state index contributed by atoms with van der Waals surface area (Å²) in [6.07, 6.45) is 0. The first-order chi connectivity index (χ1) is 8.49. The minimum absolute atomic E-state index is 0.377. The number of rotatable bonds is 3. The summed E-state index contributed by atoms with van der Waals surface area (Å²) in [7, 11) is 0. The lowest BCUT2D eigenvalue weighted by Crippen LogP contribution is -2.42. The quantitative estimate of drug-likeness (QED) is 0.597. The molecule has 0 aliphatic rings. The third-order valence-electron chi connectivity index (χ3n) is 1.97. The van der Waals surface area contributed by atoms with E-state index in [2.05, 4.69) is 10.9 Å². The number of carbonyl (C=O) groups is 3. The lowest BCUT2D eigenvalue weighted by molar-refractivity contribution is -0.129. The van der Waals surface area contributed by atoms with Crippen molar-refractivity contribution < 1.29 is 19.1 Å². The maximum atomic E-state index is 11.5. The molecule has 0 aliphatic heterocycles. The number of hydrazine groups is 1. The Morgan fingerprint density at radius 1 is 1.22 bits per heavy atom. The van der Waals surface area contributed by atoms with Crippen molar-refractivity contribution in [3.8, 4) is 0 Å². The molecule has 6 nitrogen and oxygen atoms in total. The number of nitrogens with one attached hydrogen (secondary N) is 2. The predicted octanol–water partition coefficient (Wildman–Crippen LogP) is 0.319. The monoisotopic (exact) mass is 250 g/mol. The molecular weight excluding hydrogens is 236 g/mol. The molecule has 0 aliphatic carbocycles. The van der Waals surface area contributed by atoms with Crippen molar-refractivity contribution >= 4 is 17.8 Å². The summed E-state index contributed by atoms with van der Waals surface area (Å²) in [5.41, 5.74) is 5.47. The van der Waals surface area contributed by atoms with E-state index in [0.717, 1.165) is 5.56 Å². The van der Waals surface area contributed by atoms with Gasteiger partial charge < -0.3 is 4.74 Å². The number of carbonyl (C=O) groups excluding carboxylic acids is 3. The second-order valence-corrected chi connectivity index (χ2v) is 3.67. The normalized spacial score (nSPS) is 9.44. The molecule has 96 valence electrons. The van der Waals surface area contributed by atoms with Crippen LogP contribution in [-0.2, 0) is 14.3 Å². The first-order valence-corrected chi connectivity index (χ1v) is 5.28. The van der Waals surface area contributed by atoms with Gasteiger partial charge in [-0.25, -0.2) is 4.79 Å². The van der Waals surface area contributed by atoms with Crippen LogP contribution >= 0.6 is 0 Å². The number of ether oxygens (including phenoxy) is 1. The molecule has 0 heterocycles. The molecule has 1 aromatic carbocycles. The summed E-state index contributed by atoms with van der Waals surface area (Å²) in [5, 5.41) is 0. The molecule has 2 N–H and O–H groups in total. The van der Waals surface area contributed by atoms with Crippen molar-refractivity contribution in [3.63, 3.8) is 0 Å². The van der Waals surface area contributed by atoms with Gasteiger partial charge in [0.05, 0.1) is 5.56 Å². The van der Waals surface area contributed by atoms with Gasteiger partial charge in [-0.05, 0) is 19.1 Å². The van der Waals surface area contributed by atoms with Gasteiger partial charge in [-0.1, -0.05) is 17.7 Å². The summed E-state index contributed by atoms with van der Waals surface area (Å²) < 4.78 is 4.77. The van der Waals surface area contributed by atoms with Crippen molar-refractivity contribution in [1.82, 2.24) is 10.9 Å². The smallest absolute Gasteiger partial charge is 0.338 e. The minimum Gasteiger partial charge on any atom is -0.452 e. The van der Waals surface area contributed by atoms with Gasteiger partial charge in [0.2, 0.25) is 5.91 Å². The Hall–Kier alpha value is -2.37. The van der Waals surface area contributed by atoms with Crippen molar-refractivity contribution in [3.05, 3.63) is 35.4 Å². The van der Waals surface area contributed by atoms with E-state index in [9.17, 15) is 14.4 Å². The van der Waals surface area contributed by atoms with Gasteiger partial charge in [-0.2, -0.15) is 0 Å². The SMILES string of the molecule is CC(=O)NNC(=O)COC(=O)c1cccc(C)c1. The van der Waals surface area contributed by atoms with Crippen LogP contribution in [0.5, 0.6) is 0 Å². The Balaban J connectivity index is 2.42. The summed E-state index contributed by atoms with van der Waals surface area (Å²) in [5.74, 6) is -1.60. The van der Waals surface area contributed by atoms with E-state index in [4.69, 9.17) is 4.74 Å². The van der Waals surface area contributed by atoms with Crippen LogP contribution in [0.2, 0.25) is 0 Å². The highest BCUT2D eigenvalue weighted by atomic mass is 16.5. The van der Waals surface area contributed by atoms with Gasteiger partial charge in [-0.15, -0.1) is 0 Å². The molecule has 1 rings (SSSR count). The van der Waals surface area contributed by atoms with Gasteiger partial charge in [0, 0.05) is 6.92 Å². The standard InChI is InChI=1S/C12H14N2O4/c1-8-4-3-5-10(6-8)12(17)18-7-11(16)14-13-9(2)15/h3-6H,7H2,1-2H3,(H,13,15)(H,14,16). The maximum Gasteiger partial charge on any atom is 0.338 e. The number of aryl methyl sites for hydroxylation is 1. The van der Waals surface area contributed by atoms with Crippen LogP contribution in [0.15, 0.2) is 24.3 Å². The summed E-state index contributed by atoms with van der Waals surface area (Å²) in [4.78, 5) is 33.2. The molecule has 0 saturated heterocycles. The highest BCUT2D eigenvalue weighted by Gasteiger charge is 2.10. The van der Waals surface area contributed by atoms with Crippen molar-refractivity contribution in [1.29, 1.82) is 0 Å². The van der Waals surface area contributed by atoms with Gasteiger partial charge in [0.25, 0.3) is 5.91 Å². The van der Waals surface area contributed by atoms with Crippen LogP contribution in [0.25, 0.3) is 0 Å². The van der Waals surface area contributed by atoms with Gasteiger partial charge >= 0.3 is 5.97 Å². The van der Waals surface area contributed by atoms with E-state index < -0.39 is 24.4 Å². The predicted molar refractivity (Wildman–Crippen MR) is 63.4 cm³/mol. The number of esters is 1. The van der Waals surface area contributed by atoms with E-state index >= 15 is 0 Å². The highest BCUT2D eigenvalue weighted by molar-refractivity contribution is 5.91. The lowest BCUT2D eigenvalue weighted by Gasteiger charge is -2.06. The third-order valence-corrected chi connectivity index (χ3v) is 1.97. The molecule has 18 heavy (non-hydrogen) atoms. The average molecular weight is 250 g/mol. The Kier molecular flexibility index (Phi) is 4.86. The fraction of sp³-hybridized carbons (Fsp3) is 0.250. The lowest BCUT2D eigenvalue weighted by atomic mass is 10.1. The second-order valence-electron chi connectivity index (χ2n) is 3.67. The Morgan fingerprint density at radius 3 is 2.56 bits per heavy atom. The first kappa shape index (κ1) is 13.7. The largest absolute Gasteiger partial charge is 0.452 e. The molecule has 1 aromatic rings. The zero-order chi connectivity index (χ0) is 13.5. The van der Waals surface area contributed by atoms with E-state index in [1.807, 2.05) is 13.0 Å². The molecular formula is C12H14N2O4. The van der Waals surface area contributed by atoms with Crippen molar-refractivity contribution in [2.45, 2.75) is 13.8 Å². The zero-order valence-electron chi connectivity index (χ0n) is 10.1. The fourth-order valence-electron chi connectivity index (χ4n) is 1.18. The number of amides is 2. The summed E-state index contributed by atoms with van der Waals surface area (Å²) >= 11 is 0. The van der Waals surface area contributed by atoms with Crippen LogP contribution in [0.3, 0.4) is 0 Å².